The van der Waals surface area contributed by atoms with Crippen LogP contribution in [0, 0.1) is 5.82 Å². The Balaban J connectivity index is 2.12. The fourth-order valence-electron chi connectivity index (χ4n) is 1.72. The van der Waals surface area contributed by atoms with Crippen LogP contribution in [0.5, 0.6) is 0 Å². The van der Waals surface area contributed by atoms with Crippen molar-refractivity contribution in [1.29, 1.82) is 0 Å². The van der Waals surface area contributed by atoms with E-state index >= 15 is 0 Å². The Hall–Kier alpha value is -1.27. The number of carbonyl (C=O) groups is 2. The van der Waals surface area contributed by atoms with Crippen molar-refractivity contribution in [3.8, 4) is 0 Å². The van der Waals surface area contributed by atoms with Crippen molar-refractivity contribution in [2.24, 2.45) is 0 Å². The van der Waals surface area contributed by atoms with Crippen LogP contribution in [0.2, 0.25) is 0 Å². The minimum absolute atomic E-state index is 0.148. The lowest BCUT2D eigenvalue weighted by molar-refractivity contribution is -0.136. The number of halogens is 2. The van der Waals surface area contributed by atoms with Gasteiger partial charge in [0.15, 0.2) is 0 Å². The van der Waals surface area contributed by atoms with Crippen LogP contribution in [-0.4, -0.2) is 29.8 Å². The predicted molar refractivity (Wildman–Crippen MR) is 62.5 cm³/mol. The van der Waals surface area contributed by atoms with Crippen molar-refractivity contribution in [1.82, 2.24) is 10.2 Å². The normalized spacial score (nSPS) is 17.1. The van der Waals surface area contributed by atoms with Gasteiger partial charge in [0, 0.05) is 6.54 Å². The second-order valence-corrected chi connectivity index (χ2v) is 4.62. The SMILES string of the molecule is O=C1CN(Cc2cccc(F)c2Br)CC(=O)N1. The lowest BCUT2D eigenvalue weighted by atomic mass is 10.2. The van der Waals surface area contributed by atoms with E-state index in [2.05, 4.69) is 21.2 Å². The maximum atomic E-state index is 13.3. The molecule has 17 heavy (non-hydrogen) atoms. The molecule has 0 saturated carbocycles. The first kappa shape index (κ1) is 12.2. The van der Waals surface area contributed by atoms with Gasteiger partial charge in [-0.15, -0.1) is 0 Å². The van der Waals surface area contributed by atoms with Crippen LogP contribution >= 0.6 is 15.9 Å². The van der Waals surface area contributed by atoms with E-state index < -0.39 is 0 Å². The summed E-state index contributed by atoms with van der Waals surface area (Å²) in [5, 5.41) is 2.22. The number of piperazine rings is 1. The maximum Gasteiger partial charge on any atom is 0.240 e. The summed E-state index contributed by atoms with van der Waals surface area (Å²) in [6, 6.07) is 4.70. The monoisotopic (exact) mass is 300 g/mol. The molecule has 1 fully saturated rings. The third-order valence-corrected chi connectivity index (χ3v) is 3.33. The van der Waals surface area contributed by atoms with Gasteiger partial charge in [0.05, 0.1) is 17.6 Å². The summed E-state index contributed by atoms with van der Waals surface area (Å²) in [6.45, 7) is 0.654. The standard InChI is InChI=1S/C11H10BrFN2O2/c12-11-7(2-1-3-8(11)13)4-15-5-9(16)14-10(17)6-15/h1-3H,4-6H2,(H,14,16,17). The molecule has 90 valence electrons. The van der Waals surface area contributed by atoms with Crippen molar-refractivity contribution < 1.29 is 14.0 Å². The van der Waals surface area contributed by atoms with Gasteiger partial charge in [0.1, 0.15) is 5.82 Å². The molecule has 1 aromatic carbocycles. The van der Waals surface area contributed by atoms with Gasteiger partial charge < -0.3 is 0 Å². The highest BCUT2D eigenvalue weighted by atomic mass is 79.9. The Kier molecular flexibility index (Phi) is 3.54. The average molecular weight is 301 g/mol. The smallest absolute Gasteiger partial charge is 0.240 e. The van der Waals surface area contributed by atoms with Gasteiger partial charge in [-0.3, -0.25) is 19.8 Å². The number of benzene rings is 1. The van der Waals surface area contributed by atoms with E-state index in [1.54, 1.807) is 17.0 Å². The van der Waals surface area contributed by atoms with Crippen LogP contribution < -0.4 is 5.32 Å². The number of nitrogens with one attached hydrogen (secondary N) is 1. The Morgan fingerprint density at radius 3 is 2.59 bits per heavy atom. The first-order valence-corrected chi connectivity index (χ1v) is 5.83. The van der Waals surface area contributed by atoms with Crippen LogP contribution in [0.3, 0.4) is 0 Å². The number of amides is 2. The minimum atomic E-state index is -0.352. The molecule has 0 unspecified atom stereocenters. The molecule has 0 aliphatic carbocycles. The van der Waals surface area contributed by atoms with Crippen molar-refractivity contribution in [2.75, 3.05) is 13.1 Å². The fourth-order valence-corrected chi connectivity index (χ4v) is 2.11. The molecule has 1 aromatic rings. The van der Waals surface area contributed by atoms with Gasteiger partial charge >= 0.3 is 0 Å². The highest BCUT2D eigenvalue weighted by Crippen LogP contribution is 2.21. The molecule has 2 rings (SSSR count). The zero-order valence-electron chi connectivity index (χ0n) is 8.87. The van der Waals surface area contributed by atoms with E-state index in [1.165, 1.54) is 6.07 Å². The van der Waals surface area contributed by atoms with Crippen LogP contribution in [-0.2, 0) is 16.1 Å². The number of carbonyl (C=O) groups excluding carboxylic acids is 2. The first-order chi connectivity index (χ1) is 8.06. The van der Waals surface area contributed by atoms with Crippen LogP contribution in [0.15, 0.2) is 22.7 Å². The van der Waals surface area contributed by atoms with Gasteiger partial charge in [-0.05, 0) is 27.6 Å². The molecular weight excluding hydrogens is 291 g/mol. The Labute approximate surface area is 106 Å². The zero-order chi connectivity index (χ0) is 12.4. The molecule has 2 amide bonds. The average Bonchev–Trinajstić information content (AvgIpc) is 2.23. The van der Waals surface area contributed by atoms with Gasteiger partial charge in [-0.1, -0.05) is 12.1 Å². The van der Waals surface area contributed by atoms with Crippen LogP contribution in [0.1, 0.15) is 5.56 Å². The lowest BCUT2D eigenvalue weighted by Crippen LogP contribution is -2.50. The number of imide groups is 1. The Morgan fingerprint density at radius 2 is 1.94 bits per heavy atom. The highest BCUT2D eigenvalue weighted by molar-refractivity contribution is 9.10. The molecule has 1 aliphatic heterocycles. The number of rotatable bonds is 2. The molecule has 0 radical (unpaired) electrons. The van der Waals surface area contributed by atoms with E-state index in [1.807, 2.05) is 0 Å². The molecular formula is C11H10BrFN2O2. The maximum absolute atomic E-state index is 13.3. The lowest BCUT2D eigenvalue weighted by Gasteiger charge is -2.25. The Bertz CT molecular complexity index is 463. The first-order valence-electron chi connectivity index (χ1n) is 5.04. The third-order valence-electron chi connectivity index (χ3n) is 2.44. The minimum Gasteiger partial charge on any atom is -0.294 e. The van der Waals surface area contributed by atoms with Crippen molar-refractivity contribution in [3.63, 3.8) is 0 Å². The number of hydrogen-bond acceptors (Lipinski definition) is 3. The van der Waals surface area contributed by atoms with E-state index in [9.17, 15) is 14.0 Å². The number of nitrogens with zero attached hydrogens (tertiary/aromatic N) is 1. The molecule has 4 nitrogen and oxygen atoms in total. The van der Waals surface area contributed by atoms with Crippen molar-refractivity contribution >= 4 is 27.7 Å². The molecule has 0 aromatic heterocycles. The fraction of sp³-hybridized carbons (Fsp3) is 0.273. The van der Waals surface area contributed by atoms with Gasteiger partial charge in [0.2, 0.25) is 11.8 Å². The van der Waals surface area contributed by atoms with E-state index in [0.717, 1.165) is 0 Å². The van der Waals surface area contributed by atoms with Crippen LogP contribution in [0.4, 0.5) is 4.39 Å². The molecule has 1 N–H and O–H groups in total. The largest absolute Gasteiger partial charge is 0.294 e. The second kappa shape index (κ2) is 4.93. The summed E-state index contributed by atoms with van der Waals surface area (Å²) in [4.78, 5) is 24.0. The van der Waals surface area contributed by atoms with Crippen LogP contribution in [0.25, 0.3) is 0 Å². The summed E-state index contributed by atoms with van der Waals surface area (Å²) in [6.07, 6.45) is 0. The molecule has 1 aliphatic rings. The van der Waals surface area contributed by atoms with Crippen molar-refractivity contribution in [2.45, 2.75) is 6.54 Å². The molecule has 0 bridgehead atoms. The summed E-state index contributed by atoms with van der Waals surface area (Å²) < 4.78 is 13.6. The van der Waals surface area contributed by atoms with Gasteiger partial charge in [-0.2, -0.15) is 0 Å². The summed E-state index contributed by atoms with van der Waals surface area (Å²) in [5.41, 5.74) is 0.715. The molecule has 6 heteroatoms. The van der Waals surface area contributed by atoms with Crippen molar-refractivity contribution in [3.05, 3.63) is 34.1 Å². The topological polar surface area (TPSA) is 49.4 Å². The molecule has 1 saturated heterocycles. The number of hydrogen-bond donors (Lipinski definition) is 1. The summed E-state index contributed by atoms with van der Waals surface area (Å²) in [7, 11) is 0. The Morgan fingerprint density at radius 1 is 1.29 bits per heavy atom. The second-order valence-electron chi connectivity index (χ2n) is 3.83. The highest BCUT2D eigenvalue weighted by Gasteiger charge is 2.23. The van der Waals surface area contributed by atoms with Gasteiger partial charge in [-0.25, -0.2) is 4.39 Å². The summed E-state index contributed by atoms with van der Waals surface area (Å²) >= 11 is 3.15. The van der Waals surface area contributed by atoms with E-state index in [4.69, 9.17) is 0 Å². The molecule has 0 spiro atoms. The quantitative estimate of drug-likeness (QED) is 0.831. The summed E-state index contributed by atoms with van der Waals surface area (Å²) in [5.74, 6) is -1.00. The zero-order valence-corrected chi connectivity index (χ0v) is 10.5. The van der Waals surface area contributed by atoms with E-state index in [-0.39, 0.29) is 30.7 Å². The molecule has 1 heterocycles. The van der Waals surface area contributed by atoms with Gasteiger partial charge in [0.25, 0.3) is 0 Å². The third kappa shape index (κ3) is 2.89. The van der Waals surface area contributed by atoms with E-state index in [0.29, 0.717) is 16.6 Å². The molecule has 0 atom stereocenters. The predicted octanol–water partition coefficient (Wildman–Crippen LogP) is 1.05.